The smallest absolute Gasteiger partial charge is 0.445 e. The van der Waals surface area contributed by atoms with E-state index in [0.717, 1.165) is 16.6 Å². The normalized spacial score (nSPS) is 17.3. The second-order valence-corrected chi connectivity index (χ2v) is 9.00. The monoisotopic (exact) mass is 449 g/mol. The van der Waals surface area contributed by atoms with Gasteiger partial charge in [-0.25, -0.2) is 4.79 Å². The molecule has 1 aliphatic heterocycles. The first kappa shape index (κ1) is 22.9. The van der Waals surface area contributed by atoms with E-state index in [1.807, 2.05) is 76.2 Å². The van der Waals surface area contributed by atoms with E-state index in [4.69, 9.17) is 24.2 Å². The predicted molar refractivity (Wildman–Crippen MR) is 127 cm³/mol. The van der Waals surface area contributed by atoms with Gasteiger partial charge >= 0.3 is 13.2 Å². The van der Waals surface area contributed by atoms with Crippen molar-refractivity contribution in [2.75, 3.05) is 12.3 Å². The number of nitrogen functional groups attached to an aromatic ring is 1. The van der Waals surface area contributed by atoms with E-state index in [2.05, 4.69) is 10.3 Å². The van der Waals surface area contributed by atoms with E-state index >= 15 is 0 Å². The Balaban J connectivity index is 1.52. The minimum Gasteiger partial charge on any atom is -0.445 e. The summed E-state index contributed by atoms with van der Waals surface area (Å²) in [5.41, 5.74) is 8.36. The van der Waals surface area contributed by atoms with Crippen molar-refractivity contribution in [3.63, 3.8) is 0 Å². The standard InChI is InChI=1S/C24H28BN3O5/c1-23(2)24(3,4)33-25(32-23)18(12-17-10-11-20-19(13-17)28-21(26)31-20)14-27-22(29)30-15-16-8-6-5-7-9-16/h5-13H,14-15H2,1-4H3,(H2,26,28)(H,27,29). The molecule has 2 aromatic carbocycles. The third-order valence-electron chi connectivity index (χ3n) is 5.99. The number of nitrogens with one attached hydrogen (secondary N) is 1. The summed E-state index contributed by atoms with van der Waals surface area (Å²) in [5, 5.41) is 2.80. The number of carbonyl (C=O) groups excluding carboxylic acids is 1. The van der Waals surface area contributed by atoms with Crippen LogP contribution in [0.15, 0.2) is 58.4 Å². The van der Waals surface area contributed by atoms with E-state index in [1.165, 1.54) is 0 Å². The molecule has 1 fully saturated rings. The molecule has 0 aliphatic carbocycles. The Hall–Kier alpha value is -3.30. The zero-order chi connectivity index (χ0) is 23.6. The first-order chi connectivity index (χ1) is 15.6. The van der Waals surface area contributed by atoms with Gasteiger partial charge in [-0.05, 0) is 56.4 Å². The molecule has 0 spiro atoms. The number of hydrogen-bond donors (Lipinski definition) is 2. The van der Waals surface area contributed by atoms with E-state index in [0.29, 0.717) is 11.1 Å². The maximum Gasteiger partial charge on any atom is 0.492 e. The maximum atomic E-state index is 12.3. The van der Waals surface area contributed by atoms with Crippen LogP contribution in [0, 0.1) is 0 Å². The SMILES string of the molecule is CC1(C)OB(C(=Cc2ccc3oc(N)nc3c2)CNC(=O)OCc2ccccc2)OC1(C)C. The Bertz CT molecular complexity index is 1160. The zero-order valence-corrected chi connectivity index (χ0v) is 19.3. The number of benzene rings is 2. The second-order valence-electron chi connectivity index (χ2n) is 9.00. The van der Waals surface area contributed by atoms with Gasteiger partial charge in [-0.3, -0.25) is 0 Å². The molecular formula is C24H28BN3O5. The third kappa shape index (κ3) is 5.21. The molecule has 0 atom stereocenters. The van der Waals surface area contributed by atoms with Crippen LogP contribution in [0.1, 0.15) is 38.8 Å². The molecule has 2 heterocycles. The molecule has 1 saturated heterocycles. The molecule has 3 N–H and O–H groups in total. The van der Waals surface area contributed by atoms with Gasteiger partial charge in [-0.2, -0.15) is 4.98 Å². The highest BCUT2D eigenvalue weighted by atomic mass is 16.7. The molecule has 1 aliphatic rings. The van der Waals surface area contributed by atoms with Gasteiger partial charge in [0.1, 0.15) is 12.1 Å². The zero-order valence-electron chi connectivity index (χ0n) is 19.3. The number of rotatable bonds is 6. The number of hydrogen-bond acceptors (Lipinski definition) is 7. The average molecular weight is 449 g/mol. The summed E-state index contributed by atoms with van der Waals surface area (Å²) in [7, 11) is -0.637. The molecule has 0 saturated carbocycles. The first-order valence-corrected chi connectivity index (χ1v) is 10.8. The summed E-state index contributed by atoms with van der Waals surface area (Å²) in [6.07, 6.45) is 1.38. The number of fused-ring (bicyclic) bond motifs is 1. The van der Waals surface area contributed by atoms with Crippen molar-refractivity contribution in [2.24, 2.45) is 0 Å². The number of oxazole rings is 1. The second kappa shape index (κ2) is 8.92. The van der Waals surface area contributed by atoms with Crippen LogP contribution in [0.2, 0.25) is 0 Å². The minimum atomic E-state index is -0.637. The van der Waals surface area contributed by atoms with Gasteiger partial charge in [-0.1, -0.05) is 42.5 Å². The number of nitrogens with zero attached hydrogens (tertiary/aromatic N) is 1. The molecule has 4 rings (SSSR count). The van der Waals surface area contributed by atoms with Crippen molar-refractivity contribution in [1.82, 2.24) is 10.3 Å². The molecule has 33 heavy (non-hydrogen) atoms. The molecule has 3 aromatic rings. The lowest BCUT2D eigenvalue weighted by Gasteiger charge is -2.32. The van der Waals surface area contributed by atoms with E-state index < -0.39 is 24.4 Å². The average Bonchev–Trinajstić information content (AvgIpc) is 3.24. The summed E-state index contributed by atoms with van der Waals surface area (Å²) >= 11 is 0. The van der Waals surface area contributed by atoms with Crippen molar-refractivity contribution in [3.05, 3.63) is 65.1 Å². The molecular weight excluding hydrogens is 421 g/mol. The molecule has 8 nitrogen and oxygen atoms in total. The fourth-order valence-corrected chi connectivity index (χ4v) is 3.41. The van der Waals surface area contributed by atoms with Crippen LogP contribution in [0.5, 0.6) is 0 Å². The lowest BCUT2D eigenvalue weighted by atomic mass is 9.77. The summed E-state index contributed by atoms with van der Waals surface area (Å²) in [5.74, 6) is 0. The van der Waals surface area contributed by atoms with Crippen LogP contribution >= 0.6 is 0 Å². The Morgan fingerprint density at radius 2 is 1.82 bits per heavy atom. The van der Waals surface area contributed by atoms with Gasteiger partial charge in [0.25, 0.3) is 6.01 Å². The molecule has 0 radical (unpaired) electrons. The lowest BCUT2D eigenvalue weighted by molar-refractivity contribution is 0.00578. The number of amides is 1. The first-order valence-electron chi connectivity index (χ1n) is 10.8. The summed E-state index contributed by atoms with van der Waals surface area (Å²) in [6.45, 7) is 8.30. The Morgan fingerprint density at radius 1 is 1.12 bits per heavy atom. The van der Waals surface area contributed by atoms with Crippen LogP contribution in [-0.4, -0.2) is 35.9 Å². The Morgan fingerprint density at radius 3 is 2.52 bits per heavy atom. The molecule has 0 unspecified atom stereocenters. The molecule has 0 bridgehead atoms. The topological polar surface area (TPSA) is 109 Å². The third-order valence-corrected chi connectivity index (χ3v) is 5.99. The Labute approximate surface area is 193 Å². The van der Waals surface area contributed by atoms with Crippen LogP contribution in [-0.2, 0) is 20.7 Å². The summed E-state index contributed by atoms with van der Waals surface area (Å²) < 4.78 is 23.1. The van der Waals surface area contributed by atoms with Crippen LogP contribution < -0.4 is 11.1 Å². The fraction of sp³-hybridized carbons (Fsp3) is 0.333. The van der Waals surface area contributed by atoms with E-state index in [9.17, 15) is 4.79 Å². The van der Waals surface area contributed by atoms with Crippen LogP contribution in [0.4, 0.5) is 10.8 Å². The van der Waals surface area contributed by atoms with Gasteiger partial charge < -0.3 is 29.5 Å². The highest BCUT2D eigenvalue weighted by Crippen LogP contribution is 2.38. The molecule has 1 aromatic heterocycles. The van der Waals surface area contributed by atoms with Crippen molar-refractivity contribution in [1.29, 1.82) is 0 Å². The lowest BCUT2D eigenvalue weighted by Crippen LogP contribution is -2.41. The van der Waals surface area contributed by atoms with E-state index in [1.54, 1.807) is 6.07 Å². The van der Waals surface area contributed by atoms with Gasteiger partial charge in [0.05, 0.1) is 11.2 Å². The van der Waals surface area contributed by atoms with Gasteiger partial charge in [0.15, 0.2) is 5.58 Å². The molecule has 9 heteroatoms. The number of nitrogens with two attached hydrogens (primary N) is 1. The highest BCUT2D eigenvalue weighted by Gasteiger charge is 2.52. The number of alkyl carbamates (subject to hydrolysis) is 1. The summed E-state index contributed by atoms with van der Waals surface area (Å²) in [6, 6.07) is 15.2. The highest BCUT2D eigenvalue weighted by molar-refractivity contribution is 6.56. The van der Waals surface area contributed by atoms with Crippen molar-refractivity contribution in [2.45, 2.75) is 45.5 Å². The molecule has 1 amide bonds. The van der Waals surface area contributed by atoms with Gasteiger partial charge in [0.2, 0.25) is 0 Å². The van der Waals surface area contributed by atoms with Crippen molar-refractivity contribution < 1.29 is 23.3 Å². The van der Waals surface area contributed by atoms with Gasteiger partial charge in [0, 0.05) is 6.54 Å². The minimum absolute atomic E-state index is 0.111. The fourth-order valence-electron chi connectivity index (χ4n) is 3.41. The number of carbonyl (C=O) groups is 1. The number of anilines is 1. The summed E-state index contributed by atoms with van der Waals surface area (Å²) in [4.78, 5) is 16.5. The van der Waals surface area contributed by atoms with Gasteiger partial charge in [-0.15, -0.1) is 0 Å². The number of ether oxygens (including phenoxy) is 1. The Kier molecular flexibility index (Phi) is 6.18. The van der Waals surface area contributed by atoms with Crippen molar-refractivity contribution >= 4 is 36.4 Å². The van der Waals surface area contributed by atoms with E-state index in [-0.39, 0.29) is 19.2 Å². The predicted octanol–water partition coefficient (Wildman–Crippen LogP) is 4.35. The molecule has 172 valence electrons. The van der Waals surface area contributed by atoms with Crippen LogP contribution in [0.25, 0.3) is 17.2 Å². The van der Waals surface area contributed by atoms with Crippen molar-refractivity contribution in [3.8, 4) is 0 Å². The largest absolute Gasteiger partial charge is 0.492 e. The van der Waals surface area contributed by atoms with Crippen LogP contribution in [0.3, 0.4) is 0 Å². The quantitative estimate of drug-likeness (QED) is 0.539. The maximum absolute atomic E-state index is 12.3. The number of aromatic nitrogens is 1.